The molecule has 0 bridgehead atoms. The van der Waals surface area contributed by atoms with Crippen molar-refractivity contribution in [2.45, 2.75) is 6.04 Å². The largest absolute Gasteiger partial charge is 0.490 e. The Balaban J connectivity index is 1.63. The van der Waals surface area contributed by atoms with E-state index in [1.807, 2.05) is 30.3 Å². The van der Waals surface area contributed by atoms with E-state index < -0.39 is 9.84 Å². The van der Waals surface area contributed by atoms with Crippen molar-refractivity contribution in [1.82, 2.24) is 5.32 Å². The highest BCUT2D eigenvalue weighted by Crippen LogP contribution is 2.09. The first kappa shape index (κ1) is 14.8. The fraction of sp³-hybridized carbons (Fsp3) is 0.308. The molecule has 0 saturated heterocycles. The molecule has 0 amide bonds. The van der Waals surface area contributed by atoms with Gasteiger partial charge in [0.05, 0.1) is 11.8 Å². The van der Waals surface area contributed by atoms with Crippen LogP contribution in [-0.2, 0) is 14.6 Å². The molecule has 0 aromatic heterocycles. The minimum atomic E-state index is -3.09. The molecule has 0 saturated carbocycles. The number of sulfone groups is 1. The van der Waals surface area contributed by atoms with Crippen LogP contribution in [-0.4, -0.2) is 38.6 Å². The quantitative estimate of drug-likeness (QED) is 0.652. The maximum Gasteiger partial charge on any atom is 0.257 e. The van der Waals surface area contributed by atoms with Gasteiger partial charge in [0, 0.05) is 5.41 Å². The number of para-hydroxylation sites is 1. The molecule has 1 N–H and O–H groups in total. The summed E-state index contributed by atoms with van der Waals surface area (Å²) < 4.78 is 33.1. The van der Waals surface area contributed by atoms with Crippen molar-refractivity contribution < 1.29 is 17.9 Å². The monoisotopic (exact) mass is 313 g/mol. The van der Waals surface area contributed by atoms with Crippen LogP contribution in [0.1, 0.15) is 0 Å². The normalized spacial score (nSPS) is 19.5. The summed E-state index contributed by atoms with van der Waals surface area (Å²) in [4.78, 5) is 0. The zero-order valence-corrected chi connectivity index (χ0v) is 12.3. The Labute approximate surface area is 123 Å². The molecular weight excluding hydrogens is 298 g/mol. The topological polar surface area (TPSA) is 64.6 Å². The average molecular weight is 313 g/mol. The van der Waals surface area contributed by atoms with E-state index in [9.17, 15) is 8.42 Å². The average Bonchev–Trinajstić information content (AvgIpc) is 2.75. The lowest BCUT2D eigenvalue weighted by Gasteiger charge is -2.13. The number of rotatable bonds is 5. The lowest BCUT2D eigenvalue weighted by atomic mass is 10.3. The number of nitrogens with one attached hydrogen (secondary N) is 1. The second-order valence-corrected chi connectivity index (χ2v) is 6.51. The predicted octanol–water partition coefficient (Wildman–Crippen LogP) is 1.27. The fourth-order valence-corrected chi connectivity index (χ4v) is 3.14. The first-order valence-electron chi connectivity index (χ1n) is 6.07. The smallest absolute Gasteiger partial charge is 0.257 e. The standard InChI is InChI=1S/C13H15NO4S2/c15-20(16)9-6-11(10-20)14-13(19)18-8-7-17-12-4-2-1-3-5-12/h1-6,9,11H,7-8,10H2,(H,14,19). The molecular formula is C13H15NO4S2. The van der Waals surface area contributed by atoms with Crippen molar-refractivity contribution in [3.63, 3.8) is 0 Å². The third-order valence-corrected chi connectivity index (χ3v) is 4.19. The number of ether oxygens (including phenoxy) is 2. The summed E-state index contributed by atoms with van der Waals surface area (Å²) in [5.74, 6) is 0.775. The van der Waals surface area contributed by atoms with Crippen LogP contribution in [0.15, 0.2) is 41.8 Å². The molecule has 1 unspecified atom stereocenters. The van der Waals surface area contributed by atoms with Crippen molar-refractivity contribution >= 4 is 27.2 Å². The highest BCUT2D eigenvalue weighted by molar-refractivity contribution is 7.94. The predicted molar refractivity (Wildman–Crippen MR) is 80.3 cm³/mol. The Bertz CT molecular complexity index is 584. The fourth-order valence-electron chi connectivity index (χ4n) is 1.67. The van der Waals surface area contributed by atoms with Gasteiger partial charge in [0.25, 0.3) is 5.17 Å². The molecule has 0 fully saturated rings. The van der Waals surface area contributed by atoms with E-state index in [4.69, 9.17) is 21.7 Å². The van der Waals surface area contributed by atoms with E-state index in [0.717, 1.165) is 5.75 Å². The Hall–Kier alpha value is -1.60. The van der Waals surface area contributed by atoms with Gasteiger partial charge in [0.1, 0.15) is 19.0 Å². The highest BCUT2D eigenvalue weighted by Gasteiger charge is 2.22. The van der Waals surface area contributed by atoms with E-state index in [1.54, 1.807) is 6.08 Å². The Morgan fingerprint density at radius 1 is 1.30 bits per heavy atom. The van der Waals surface area contributed by atoms with Crippen molar-refractivity contribution in [3.05, 3.63) is 41.8 Å². The number of hydrogen-bond donors (Lipinski definition) is 1. The SMILES string of the molecule is O=S1(=O)C=CC(NC(=S)OCCOc2ccccc2)C1. The summed E-state index contributed by atoms with van der Waals surface area (Å²) in [6, 6.07) is 9.06. The molecule has 1 heterocycles. The van der Waals surface area contributed by atoms with E-state index in [-0.39, 0.29) is 17.0 Å². The minimum Gasteiger partial charge on any atom is -0.490 e. The molecule has 2 rings (SSSR count). The Morgan fingerprint density at radius 3 is 2.70 bits per heavy atom. The van der Waals surface area contributed by atoms with Gasteiger partial charge < -0.3 is 14.8 Å². The zero-order valence-electron chi connectivity index (χ0n) is 10.7. The summed E-state index contributed by atoms with van der Waals surface area (Å²) in [5.41, 5.74) is 0. The second-order valence-electron chi connectivity index (χ2n) is 4.21. The van der Waals surface area contributed by atoms with Crippen LogP contribution in [0, 0.1) is 0 Å². The third kappa shape index (κ3) is 4.82. The lowest BCUT2D eigenvalue weighted by Crippen LogP contribution is -2.36. The number of benzene rings is 1. The second kappa shape index (κ2) is 6.71. The summed E-state index contributed by atoms with van der Waals surface area (Å²) in [6.45, 7) is 0.661. The van der Waals surface area contributed by atoms with E-state index in [2.05, 4.69) is 5.32 Å². The van der Waals surface area contributed by atoms with Gasteiger partial charge in [-0.15, -0.1) is 0 Å². The number of thiocarbonyl (C=S) groups is 1. The molecule has 108 valence electrons. The lowest BCUT2D eigenvalue weighted by molar-refractivity contribution is 0.206. The minimum absolute atomic E-state index is 0.0109. The summed E-state index contributed by atoms with van der Waals surface area (Å²) in [6.07, 6.45) is 1.56. The van der Waals surface area contributed by atoms with E-state index >= 15 is 0 Å². The molecule has 1 aromatic carbocycles. The van der Waals surface area contributed by atoms with Gasteiger partial charge in [0.15, 0.2) is 9.84 Å². The van der Waals surface area contributed by atoms with Gasteiger partial charge in [-0.3, -0.25) is 0 Å². The molecule has 20 heavy (non-hydrogen) atoms. The molecule has 0 aliphatic carbocycles. The molecule has 1 aromatic rings. The van der Waals surface area contributed by atoms with Gasteiger partial charge in [-0.2, -0.15) is 0 Å². The maximum atomic E-state index is 11.2. The van der Waals surface area contributed by atoms with Crippen molar-refractivity contribution in [2.75, 3.05) is 19.0 Å². The maximum absolute atomic E-state index is 11.2. The summed E-state index contributed by atoms with van der Waals surface area (Å²) in [7, 11) is -3.09. The Morgan fingerprint density at radius 2 is 2.05 bits per heavy atom. The van der Waals surface area contributed by atoms with Crippen LogP contribution < -0.4 is 10.1 Å². The summed E-state index contributed by atoms with van der Waals surface area (Å²) >= 11 is 4.98. The molecule has 5 nitrogen and oxygen atoms in total. The molecule has 0 spiro atoms. The molecule has 1 aliphatic rings. The van der Waals surface area contributed by atoms with Crippen LogP contribution in [0.2, 0.25) is 0 Å². The van der Waals surface area contributed by atoms with Crippen LogP contribution in [0.4, 0.5) is 0 Å². The van der Waals surface area contributed by atoms with Gasteiger partial charge in [-0.25, -0.2) is 8.42 Å². The molecule has 1 atom stereocenters. The van der Waals surface area contributed by atoms with E-state index in [0.29, 0.717) is 13.2 Å². The van der Waals surface area contributed by atoms with Gasteiger partial charge in [0.2, 0.25) is 0 Å². The van der Waals surface area contributed by atoms with Gasteiger partial charge >= 0.3 is 0 Å². The van der Waals surface area contributed by atoms with Gasteiger partial charge in [-0.05, 0) is 30.4 Å². The third-order valence-electron chi connectivity index (χ3n) is 2.56. The van der Waals surface area contributed by atoms with E-state index in [1.165, 1.54) is 5.41 Å². The van der Waals surface area contributed by atoms with Crippen LogP contribution in [0.3, 0.4) is 0 Å². The van der Waals surface area contributed by atoms with Crippen molar-refractivity contribution in [2.24, 2.45) is 0 Å². The van der Waals surface area contributed by atoms with Gasteiger partial charge in [-0.1, -0.05) is 18.2 Å². The molecule has 7 heteroatoms. The van der Waals surface area contributed by atoms with Crippen molar-refractivity contribution in [3.8, 4) is 5.75 Å². The highest BCUT2D eigenvalue weighted by atomic mass is 32.2. The first-order chi connectivity index (χ1) is 9.55. The van der Waals surface area contributed by atoms with Crippen molar-refractivity contribution in [1.29, 1.82) is 0 Å². The van der Waals surface area contributed by atoms with Crippen LogP contribution in [0.5, 0.6) is 5.75 Å². The molecule has 1 aliphatic heterocycles. The van der Waals surface area contributed by atoms with Crippen LogP contribution in [0.25, 0.3) is 0 Å². The number of hydrogen-bond acceptors (Lipinski definition) is 5. The zero-order chi connectivity index (χ0) is 14.4. The summed E-state index contributed by atoms with van der Waals surface area (Å²) in [5, 5.41) is 4.18. The first-order valence-corrected chi connectivity index (χ1v) is 8.20. The van der Waals surface area contributed by atoms with Crippen LogP contribution >= 0.6 is 12.2 Å². The Kier molecular flexibility index (Phi) is 4.97. The molecule has 0 radical (unpaired) electrons.